The van der Waals surface area contributed by atoms with Crippen molar-refractivity contribution in [2.75, 3.05) is 26.2 Å². The summed E-state index contributed by atoms with van der Waals surface area (Å²) in [5, 5.41) is 10.4. The molecule has 5 nitrogen and oxygen atoms in total. The largest absolute Gasteiger partial charge is 0.396 e. The molecule has 0 bridgehead atoms. The minimum atomic E-state index is -0.300. The van der Waals surface area contributed by atoms with Crippen molar-refractivity contribution in [2.45, 2.75) is 39.0 Å². The fourth-order valence-electron chi connectivity index (χ4n) is 3.93. The van der Waals surface area contributed by atoms with Crippen LogP contribution in [0.4, 0.5) is 0 Å². The van der Waals surface area contributed by atoms with Gasteiger partial charge in [0, 0.05) is 36.8 Å². The maximum absolute atomic E-state index is 13.2. The first-order valence-electron chi connectivity index (χ1n) is 9.89. The SMILES string of the molecule is CCCCCN1C(=O)C(c2ccc(Cl)cc2Cl)=C(N2CCCC(CO)C2)C1=O. The average molecular weight is 425 g/mol. The van der Waals surface area contributed by atoms with Gasteiger partial charge in [-0.15, -0.1) is 0 Å². The normalized spacial score (nSPS) is 20.5. The third kappa shape index (κ3) is 4.22. The highest BCUT2D eigenvalue weighted by molar-refractivity contribution is 6.41. The topological polar surface area (TPSA) is 60.9 Å². The molecule has 3 rings (SSSR count). The van der Waals surface area contributed by atoms with Crippen LogP contribution in [-0.4, -0.2) is 53.0 Å². The Kier molecular flexibility index (Phi) is 7.02. The Labute approximate surface area is 175 Å². The van der Waals surface area contributed by atoms with E-state index < -0.39 is 0 Å². The lowest BCUT2D eigenvalue weighted by atomic mass is 9.97. The minimum absolute atomic E-state index is 0.0726. The molecule has 7 heteroatoms. The van der Waals surface area contributed by atoms with Gasteiger partial charge in [-0.05, 0) is 37.3 Å². The first-order valence-corrected chi connectivity index (χ1v) is 10.6. The second kappa shape index (κ2) is 9.29. The van der Waals surface area contributed by atoms with Crippen LogP contribution in [0.1, 0.15) is 44.6 Å². The second-order valence-corrected chi connectivity index (χ2v) is 8.30. The molecule has 28 heavy (non-hydrogen) atoms. The number of carbonyl (C=O) groups excluding carboxylic acids is 2. The summed E-state index contributed by atoms with van der Waals surface area (Å²) in [4.78, 5) is 29.8. The zero-order valence-electron chi connectivity index (χ0n) is 16.1. The maximum Gasteiger partial charge on any atom is 0.277 e. The minimum Gasteiger partial charge on any atom is -0.396 e. The van der Waals surface area contributed by atoms with Crippen LogP contribution in [0, 0.1) is 5.92 Å². The van der Waals surface area contributed by atoms with E-state index in [0.29, 0.717) is 46.5 Å². The molecule has 0 radical (unpaired) electrons. The summed E-state index contributed by atoms with van der Waals surface area (Å²) in [6.45, 7) is 3.80. The zero-order chi connectivity index (χ0) is 20.3. The lowest BCUT2D eigenvalue weighted by molar-refractivity contribution is -0.137. The van der Waals surface area contributed by atoms with E-state index >= 15 is 0 Å². The molecule has 1 atom stereocenters. The van der Waals surface area contributed by atoms with Crippen LogP contribution in [-0.2, 0) is 9.59 Å². The van der Waals surface area contributed by atoms with Gasteiger partial charge in [0.05, 0.1) is 10.6 Å². The van der Waals surface area contributed by atoms with Crippen molar-refractivity contribution in [3.8, 4) is 0 Å². The van der Waals surface area contributed by atoms with Crippen LogP contribution in [0.3, 0.4) is 0 Å². The van der Waals surface area contributed by atoms with Crippen molar-refractivity contribution in [3.63, 3.8) is 0 Å². The number of hydrogen-bond donors (Lipinski definition) is 1. The molecule has 0 spiro atoms. The number of aliphatic hydroxyl groups is 1. The third-order valence-electron chi connectivity index (χ3n) is 5.42. The van der Waals surface area contributed by atoms with Gasteiger partial charge in [0.25, 0.3) is 11.8 Å². The van der Waals surface area contributed by atoms with Crippen LogP contribution in [0.25, 0.3) is 5.57 Å². The monoisotopic (exact) mass is 424 g/mol. The molecule has 2 amide bonds. The standard InChI is InChI=1S/C21H26Cl2N2O3/c1-2-3-4-10-25-20(27)18(16-8-7-15(22)11-17(16)23)19(21(25)28)24-9-5-6-14(12-24)13-26/h7-8,11,14,26H,2-6,9-10,12-13H2,1H3. The molecular formula is C21H26Cl2N2O3. The van der Waals surface area contributed by atoms with Crippen molar-refractivity contribution in [2.24, 2.45) is 5.92 Å². The highest BCUT2D eigenvalue weighted by Crippen LogP contribution is 2.37. The summed E-state index contributed by atoms with van der Waals surface area (Å²) in [5.41, 5.74) is 1.29. The van der Waals surface area contributed by atoms with E-state index in [4.69, 9.17) is 23.2 Å². The number of hydrogen-bond acceptors (Lipinski definition) is 4. The number of likely N-dealkylation sites (tertiary alicyclic amines) is 1. The van der Waals surface area contributed by atoms with Gasteiger partial charge in [0.2, 0.25) is 0 Å². The maximum atomic E-state index is 13.2. The molecule has 2 aliphatic rings. The smallest absolute Gasteiger partial charge is 0.277 e. The summed E-state index contributed by atoms with van der Waals surface area (Å²) >= 11 is 12.4. The summed E-state index contributed by atoms with van der Waals surface area (Å²) in [6.07, 6.45) is 4.53. The number of imide groups is 1. The van der Waals surface area contributed by atoms with E-state index in [1.165, 1.54) is 4.90 Å². The number of unbranched alkanes of at least 4 members (excludes halogenated alkanes) is 2. The van der Waals surface area contributed by atoms with E-state index in [1.807, 2.05) is 4.90 Å². The van der Waals surface area contributed by atoms with Crippen molar-refractivity contribution in [1.82, 2.24) is 9.80 Å². The number of carbonyl (C=O) groups is 2. The molecule has 1 aromatic carbocycles. The highest BCUT2D eigenvalue weighted by Gasteiger charge is 2.42. The van der Waals surface area contributed by atoms with Gasteiger partial charge in [0.15, 0.2) is 0 Å². The Morgan fingerprint density at radius 3 is 2.64 bits per heavy atom. The number of amides is 2. The van der Waals surface area contributed by atoms with Crippen molar-refractivity contribution >= 4 is 40.6 Å². The Hall–Kier alpha value is -1.56. The molecule has 0 aromatic heterocycles. The van der Waals surface area contributed by atoms with Gasteiger partial charge in [0.1, 0.15) is 5.70 Å². The molecule has 0 saturated carbocycles. The second-order valence-electron chi connectivity index (χ2n) is 7.45. The Bertz CT molecular complexity index is 794. The molecular weight excluding hydrogens is 399 g/mol. The zero-order valence-corrected chi connectivity index (χ0v) is 17.6. The van der Waals surface area contributed by atoms with Gasteiger partial charge >= 0.3 is 0 Å². The van der Waals surface area contributed by atoms with Crippen LogP contribution >= 0.6 is 23.2 Å². The van der Waals surface area contributed by atoms with E-state index in [0.717, 1.165) is 32.1 Å². The molecule has 2 heterocycles. The van der Waals surface area contributed by atoms with E-state index in [9.17, 15) is 14.7 Å². The number of nitrogens with zero attached hydrogens (tertiary/aromatic N) is 2. The fourth-order valence-corrected chi connectivity index (χ4v) is 4.43. The average Bonchev–Trinajstić information content (AvgIpc) is 2.93. The molecule has 1 aromatic rings. The Morgan fingerprint density at radius 2 is 1.96 bits per heavy atom. The first-order chi connectivity index (χ1) is 13.5. The summed E-state index contributed by atoms with van der Waals surface area (Å²) in [5.74, 6) is -0.465. The summed E-state index contributed by atoms with van der Waals surface area (Å²) < 4.78 is 0. The number of halogens is 2. The molecule has 1 N–H and O–H groups in total. The van der Waals surface area contributed by atoms with Gasteiger partial charge in [-0.25, -0.2) is 0 Å². The number of piperidine rings is 1. The van der Waals surface area contributed by atoms with E-state index in [2.05, 4.69) is 6.92 Å². The molecule has 1 unspecified atom stereocenters. The molecule has 152 valence electrons. The van der Waals surface area contributed by atoms with Crippen LogP contribution in [0.5, 0.6) is 0 Å². The Balaban J connectivity index is 2.02. The van der Waals surface area contributed by atoms with Gasteiger partial charge in [-0.1, -0.05) is 49.0 Å². The molecule has 0 aliphatic carbocycles. The number of benzene rings is 1. The van der Waals surface area contributed by atoms with Gasteiger partial charge in [-0.3, -0.25) is 14.5 Å². The number of aliphatic hydroxyl groups excluding tert-OH is 1. The molecule has 2 aliphatic heterocycles. The lowest BCUT2D eigenvalue weighted by Gasteiger charge is -2.34. The van der Waals surface area contributed by atoms with E-state index in [1.54, 1.807) is 18.2 Å². The molecule has 1 fully saturated rings. The molecule has 1 saturated heterocycles. The van der Waals surface area contributed by atoms with E-state index in [-0.39, 0.29) is 24.3 Å². The Morgan fingerprint density at radius 1 is 1.18 bits per heavy atom. The third-order valence-corrected chi connectivity index (χ3v) is 5.97. The predicted octanol–water partition coefficient (Wildman–Crippen LogP) is 3.97. The number of rotatable bonds is 7. The van der Waals surface area contributed by atoms with Crippen LogP contribution < -0.4 is 0 Å². The predicted molar refractivity (Wildman–Crippen MR) is 111 cm³/mol. The van der Waals surface area contributed by atoms with Gasteiger partial charge in [-0.2, -0.15) is 0 Å². The van der Waals surface area contributed by atoms with Crippen molar-refractivity contribution in [3.05, 3.63) is 39.5 Å². The lowest BCUT2D eigenvalue weighted by Crippen LogP contribution is -2.40. The first kappa shape index (κ1) is 21.2. The quantitative estimate of drug-likeness (QED) is 0.531. The van der Waals surface area contributed by atoms with Crippen molar-refractivity contribution in [1.29, 1.82) is 0 Å². The van der Waals surface area contributed by atoms with Crippen molar-refractivity contribution < 1.29 is 14.7 Å². The summed E-state index contributed by atoms with van der Waals surface area (Å²) in [7, 11) is 0. The highest BCUT2D eigenvalue weighted by atomic mass is 35.5. The summed E-state index contributed by atoms with van der Waals surface area (Å²) in [6, 6.07) is 4.97. The van der Waals surface area contributed by atoms with Gasteiger partial charge < -0.3 is 10.0 Å². The van der Waals surface area contributed by atoms with Crippen LogP contribution in [0.15, 0.2) is 23.9 Å². The fraction of sp³-hybridized carbons (Fsp3) is 0.524. The van der Waals surface area contributed by atoms with Crippen LogP contribution in [0.2, 0.25) is 10.0 Å².